The minimum absolute atomic E-state index is 0.0525. The summed E-state index contributed by atoms with van der Waals surface area (Å²) in [6, 6.07) is 16.4. The van der Waals surface area contributed by atoms with Gasteiger partial charge < -0.3 is 25.0 Å². The third-order valence-corrected chi connectivity index (χ3v) is 8.96. The Bertz CT molecular complexity index is 1440. The van der Waals surface area contributed by atoms with Crippen LogP contribution in [0, 0.1) is 19.8 Å². The fraction of sp³-hybridized carbons (Fsp3) is 0.394. The van der Waals surface area contributed by atoms with Crippen molar-refractivity contribution in [3.8, 4) is 11.5 Å². The highest BCUT2D eigenvalue weighted by atomic mass is 35.5. The zero-order chi connectivity index (χ0) is 30.5. The van der Waals surface area contributed by atoms with Crippen LogP contribution >= 0.6 is 34.8 Å². The lowest BCUT2D eigenvalue weighted by atomic mass is 9.91. The van der Waals surface area contributed by atoms with E-state index in [0.717, 1.165) is 36.1 Å². The van der Waals surface area contributed by atoms with Gasteiger partial charge in [0.1, 0.15) is 19.0 Å². The monoisotopic (exact) mass is 643 g/mol. The molecule has 2 fully saturated rings. The molecule has 10 heteroatoms. The largest absolute Gasteiger partial charge is 0.490 e. The molecule has 43 heavy (non-hydrogen) atoms. The fourth-order valence-corrected chi connectivity index (χ4v) is 6.26. The molecule has 5 rings (SSSR count). The summed E-state index contributed by atoms with van der Waals surface area (Å²) in [4.78, 5) is 29.1. The molecule has 2 atom stereocenters. The van der Waals surface area contributed by atoms with Crippen LogP contribution in [0.2, 0.25) is 15.1 Å². The average Bonchev–Trinajstić information content (AvgIpc) is 3.83. The molecule has 2 N–H and O–H groups in total. The number of piperidine rings is 1. The molecule has 1 heterocycles. The zero-order valence-corrected chi connectivity index (χ0v) is 26.6. The summed E-state index contributed by atoms with van der Waals surface area (Å²) in [6.07, 6.45) is 2.64. The van der Waals surface area contributed by atoms with Crippen LogP contribution in [0.3, 0.4) is 0 Å². The summed E-state index contributed by atoms with van der Waals surface area (Å²) in [5, 5.41) is 8.08. The van der Waals surface area contributed by atoms with Crippen molar-refractivity contribution in [3.05, 3.63) is 91.9 Å². The number of amides is 2. The number of rotatable bonds is 11. The van der Waals surface area contributed by atoms with Crippen molar-refractivity contribution < 1.29 is 19.1 Å². The second-order valence-corrected chi connectivity index (χ2v) is 12.4. The first-order valence-electron chi connectivity index (χ1n) is 14.6. The zero-order valence-electron chi connectivity index (χ0n) is 24.3. The van der Waals surface area contributed by atoms with E-state index < -0.39 is 0 Å². The number of hydrogen-bond donors (Lipinski definition) is 2. The van der Waals surface area contributed by atoms with Crippen LogP contribution < -0.4 is 20.1 Å². The smallest absolute Gasteiger partial charge is 0.251 e. The Morgan fingerprint density at radius 3 is 2.35 bits per heavy atom. The second-order valence-electron chi connectivity index (χ2n) is 11.2. The van der Waals surface area contributed by atoms with Gasteiger partial charge in [0.25, 0.3) is 5.91 Å². The van der Waals surface area contributed by atoms with E-state index in [9.17, 15) is 9.59 Å². The molecule has 2 aliphatic rings. The maximum atomic E-state index is 13.9. The van der Waals surface area contributed by atoms with E-state index in [0.29, 0.717) is 51.6 Å². The number of ether oxygens (including phenoxy) is 2. The highest BCUT2D eigenvalue weighted by molar-refractivity contribution is 6.37. The molecule has 0 bridgehead atoms. The number of aryl methyl sites for hydroxylation is 2. The Morgan fingerprint density at radius 2 is 1.65 bits per heavy atom. The van der Waals surface area contributed by atoms with E-state index in [-0.39, 0.29) is 43.0 Å². The first kappa shape index (κ1) is 31.5. The van der Waals surface area contributed by atoms with Gasteiger partial charge in [-0.1, -0.05) is 53.0 Å². The van der Waals surface area contributed by atoms with Gasteiger partial charge in [-0.2, -0.15) is 0 Å². The number of hydrogen-bond acceptors (Lipinski definition) is 5. The lowest BCUT2D eigenvalue weighted by Gasteiger charge is -2.36. The maximum Gasteiger partial charge on any atom is 0.251 e. The maximum absolute atomic E-state index is 13.9. The molecular weight excluding hydrogens is 609 g/mol. The summed E-state index contributed by atoms with van der Waals surface area (Å²) < 4.78 is 11.5. The van der Waals surface area contributed by atoms with Crippen molar-refractivity contribution >= 4 is 46.6 Å². The van der Waals surface area contributed by atoms with Crippen molar-refractivity contribution in [2.75, 3.05) is 26.3 Å². The van der Waals surface area contributed by atoms with E-state index in [1.54, 1.807) is 36.4 Å². The molecule has 7 nitrogen and oxygen atoms in total. The van der Waals surface area contributed by atoms with Gasteiger partial charge in [0.05, 0.1) is 16.0 Å². The molecule has 0 radical (unpaired) electrons. The summed E-state index contributed by atoms with van der Waals surface area (Å²) in [7, 11) is 0. The van der Waals surface area contributed by atoms with Gasteiger partial charge in [0, 0.05) is 35.8 Å². The molecular formula is C33H36Cl3N3O4. The highest BCUT2D eigenvalue weighted by Crippen LogP contribution is 2.34. The van der Waals surface area contributed by atoms with Crippen molar-refractivity contribution in [2.24, 2.45) is 5.92 Å². The van der Waals surface area contributed by atoms with E-state index in [2.05, 4.69) is 10.6 Å². The van der Waals surface area contributed by atoms with Gasteiger partial charge in [0.15, 0.2) is 5.75 Å². The normalized spacial score (nSPS) is 18.2. The van der Waals surface area contributed by atoms with Crippen molar-refractivity contribution in [1.82, 2.24) is 15.5 Å². The Kier molecular flexibility index (Phi) is 10.4. The van der Waals surface area contributed by atoms with Gasteiger partial charge >= 0.3 is 0 Å². The van der Waals surface area contributed by atoms with Crippen LogP contribution in [0.25, 0.3) is 0 Å². The van der Waals surface area contributed by atoms with Gasteiger partial charge in [-0.15, -0.1) is 0 Å². The standard InChI is InChI=1S/C33H36Cl3N3O4/c1-20-16-27(34)31(28(35)17-20)43-15-14-42-25-10-6-22(7-11-25)32(40)38-29-12-13-37-18-26(29)33(41)39(24-8-9-24)19-23-5-3-4-21(2)30(23)36/h3-7,10-11,16-17,24,26,29,37H,8-9,12-15,18-19H2,1-2H3,(H,38,40)/t26?,29-/m0/s1. The van der Waals surface area contributed by atoms with Gasteiger partial charge in [0.2, 0.25) is 5.91 Å². The summed E-state index contributed by atoms with van der Waals surface area (Å²) in [6.45, 7) is 6.13. The molecule has 1 aliphatic heterocycles. The van der Waals surface area contributed by atoms with Crippen molar-refractivity contribution in [3.63, 3.8) is 0 Å². The number of carbonyl (C=O) groups is 2. The Balaban J connectivity index is 1.16. The number of nitrogens with one attached hydrogen (secondary N) is 2. The molecule has 3 aromatic carbocycles. The molecule has 1 saturated carbocycles. The molecule has 2 amide bonds. The van der Waals surface area contributed by atoms with Gasteiger partial charge in [-0.25, -0.2) is 0 Å². The lowest BCUT2D eigenvalue weighted by Crippen LogP contribution is -2.55. The Hall–Kier alpha value is -2.97. The van der Waals surface area contributed by atoms with Crippen LogP contribution in [0.15, 0.2) is 54.6 Å². The van der Waals surface area contributed by atoms with E-state index >= 15 is 0 Å². The van der Waals surface area contributed by atoms with Crippen molar-refractivity contribution in [2.45, 2.75) is 51.7 Å². The SMILES string of the molecule is Cc1cc(Cl)c(OCCOc2ccc(C(=O)N[C@H]3CCNCC3C(=O)N(Cc3cccc(C)c3Cl)C3CC3)cc2)c(Cl)c1. The first-order valence-corrected chi connectivity index (χ1v) is 15.7. The molecule has 1 unspecified atom stereocenters. The third-order valence-electron chi connectivity index (χ3n) is 7.86. The molecule has 0 spiro atoms. The summed E-state index contributed by atoms with van der Waals surface area (Å²) in [5.74, 6) is 0.504. The Morgan fingerprint density at radius 1 is 0.953 bits per heavy atom. The molecule has 1 aliphatic carbocycles. The predicted octanol–water partition coefficient (Wildman–Crippen LogP) is 6.62. The average molecular weight is 645 g/mol. The minimum atomic E-state index is -0.361. The quantitative estimate of drug-likeness (QED) is 0.230. The number of benzene rings is 3. The molecule has 228 valence electrons. The van der Waals surface area contributed by atoms with Gasteiger partial charge in [-0.3, -0.25) is 9.59 Å². The summed E-state index contributed by atoms with van der Waals surface area (Å²) in [5.41, 5.74) is 3.39. The highest BCUT2D eigenvalue weighted by Gasteiger charge is 2.40. The van der Waals surface area contributed by atoms with Crippen LogP contribution in [-0.2, 0) is 11.3 Å². The Labute approximate surface area is 267 Å². The fourth-order valence-electron chi connectivity index (χ4n) is 5.37. The molecule has 0 aromatic heterocycles. The number of carbonyl (C=O) groups excluding carboxylic acids is 2. The number of nitrogens with zero attached hydrogens (tertiary/aromatic N) is 1. The van der Waals surface area contributed by atoms with Crippen LogP contribution in [0.1, 0.15) is 46.3 Å². The topological polar surface area (TPSA) is 79.9 Å². The third kappa shape index (κ3) is 7.95. The van der Waals surface area contributed by atoms with Crippen LogP contribution in [0.4, 0.5) is 0 Å². The lowest BCUT2D eigenvalue weighted by molar-refractivity contribution is -0.138. The predicted molar refractivity (Wildman–Crippen MR) is 171 cm³/mol. The van der Waals surface area contributed by atoms with E-state index in [4.69, 9.17) is 44.3 Å². The van der Waals surface area contributed by atoms with Crippen molar-refractivity contribution in [1.29, 1.82) is 0 Å². The summed E-state index contributed by atoms with van der Waals surface area (Å²) >= 11 is 19.0. The minimum Gasteiger partial charge on any atom is -0.490 e. The van der Waals surface area contributed by atoms with E-state index in [1.165, 1.54) is 0 Å². The molecule has 3 aromatic rings. The van der Waals surface area contributed by atoms with Crippen LogP contribution in [-0.4, -0.2) is 55.1 Å². The van der Waals surface area contributed by atoms with Crippen LogP contribution in [0.5, 0.6) is 11.5 Å². The second kappa shape index (κ2) is 14.2. The first-order chi connectivity index (χ1) is 20.7. The van der Waals surface area contributed by atoms with E-state index in [1.807, 2.05) is 36.9 Å². The molecule has 1 saturated heterocycles. The van der Waals surface area contributed by atoms with Gasteiger partial charge in [-0.05, 0) is 92.7 Å². The number of halogens is 3.